The number of amides is 2. The number of nitrogens with one attached hydrogen (secondary N) is 1. The van der Waals surface area contributed by atoms with Gasteiger partial charge in [0.1, 0.15) is 0 Å². The van der Waals surface area contributed by atoms with E-state index in [1.165, 1.54) is 0 Å². The Bertz CT molecular complexity index is 808. The molecule has 3 rings (SSSR count). The average Bonchev–Trinajstić information content (AvgIpc) is 3.05. The molecule has 8 heteroatoms. The molecule has 8 nitrogen and oxygen atoms in total. The fourth-order valence-corrected chi connectivity index (χ4v) is 3.19. The summed E-state index contributed by atoms with van der Waals surface area (Å²) in [7, 11) is 6.05. The molecule has 1 fully saturated rings. The predicted molar refractivity (Wildman–Crippen MR) is 104 cm³/mol. The molecule has 0 aromatic carbocycles. The Morgan fingerprint density at radius 2 is 1.93 bits per heavy atom. The van der Waals surface area contributed by atoms with Crippen LogP contribution in [0.15, 0.2) is 24.4 Å². The number of carbonyl (C=O) groups is 2. The zero-order valence-electron chi connectivity index (χ0n) is 16.3. The molecular weight excluding hydrogens is 344 g/mol. The van der Waals surface area contributed by atoms with E-state index in [-0.39, 0.29) is 17.6 Å². The summed E-state index contributed by atoms with van der Waals surface area (Å²) in [4.78, 5) is 36.1. The molecule has 1 N–H and O–H groups in total. The molecule has 1 aliphatic rings. The molecule has 2 aromatic heterocycles. The number of pyridine rings is 1. The third-order valence-electron chi connectivity index (χ3n) is 4.81. The van der Waals surface area contributed by atoms with Crippen LogP contribution in [0.4, 0.5) is 0 Å². The molecule has 1 saturated heterocycles. The van der Waals surface area contributed by atoms with Crippen LogP contribution in [0.5, 0.6) is 0 Å². The lowest BCUT2D eigenvalue weighted by Gasteiger charge is -2.32. The summed E-state index contributed by atoms with van der Waals surface area (Å²) in [6.45, 7) is 4.50. The molecule has 0 bridgehead atoms. The van der Waals surface area contributed by atoms with E-state index in [1.54, 1.807) is 10.6 Å². The van der Waals surface area contributed by atoms with Crippen molar-refractivity contribution in [3.8, 4) is 0 Å². The van der Waals surface area contributed by atoms with Gasteiger partial charge in [-0.3, -0.25) is 14.0 Å². The highest BCUT2D eigenvalue weighted by molar-refractivity contribution is 6.02. The van der Waals surface area contributed by atoms with Gasteiger partial charge in [-0.25, -0.2) is 4.98 Å². The molecule has 0 radical (unpaired) electrons. The van der Waals surface area contributed by atoms with Gasteiger partial charge in [-0.05, 0) is 46.2 Å². The Labute approximate surface area is 159 Å². The second-order valence-corrected chi connectivity index (χ2v) is 7.25. The molecule has 27 heavy (non-hydrogen) atoms. The number of nitrogens with zero attached hydrogens (tertiary/aromatic N) is 5. The highest BCUT2D eigenvalue weighted by Gasteiger charge is 2.26. The summed E-state index contributed by atoms with van der Waals surface area (Å²) < 4.78 is 1.70. The van der Waals surface area contributed by atoms with Gasteiger partial charge in [0.15, 0.2) is 5.69 Å². The van der Waals surface area contributed by atoms with Crippen molar-refractivity contribution in [2.75, 3.05) is 60.4 Å². The maximum Gasteiger partial charge on any atom is 0.287 e. The lowest BCUT2D eigenvalue weighted by molar-refractivity contribution is 0.0661. The smallest absolute Gasteiger partial charge is 0.287 e. The van der Waals surface area contributed by atoms with Crippen molar-refractivity contribution in [3.63, 3.8) is 0 Å². The van der Waals surface area contributed by atoms with Crippen molar-refractivity contribution in [2.24, 2.45) is 0 Å². The largest absolute Gasteiger partial charge is 0.349 e. The summed E-state index contributed by atoms with van der Waals surface area (Å²) in [6.07, 6.45) is 2.63. The second-order valence-electron chi connectivity index (χ2n) is 7.25. The minimum Gasteiger partial charge on any atom is -0.349 e. The fraction of sp³-hybridized carbons (Fsp3) is 0.526. The monoisotopic (exact) mass is 372 g/mol. The second kappa shape index (κ2) is 8.49. The lowest BCUT2D eigenvalue weighted by atomic mass is 10.2. The Hall–Kier alpha value is -2.45. The van der Waals surface area contributed by atoms with E-state index in [1.807, 2.05) is 44.2 Å². The van der Waals surface area contributed by atoms with Crippen molar-refractivity contribution in [2.45, 2.75) is 6.42 Å². The highest BCUT2D eigenvalue weighted by Crippen LogP contribution is 2.16. The first-order valence-electron chi connectivity index (χ1n) is 9.35. The van der Waals surface area contributed by atoms with E-state index in [0.29, 0.717) is 30.8 Å². The van der Waals surface area contributed by atoms with Gasteiger partial charge in [-0.1, -0.05) is 6.07 Å². The Morgan fingerprint density at radius 1 is 1.19 bits per heavy atom. The van der Waals surface area contributed by atoms with Crippen molar-refractivity contribution in [1.29, 1.82) is 0 Å². The molecule has 146 valence electrons. The van der Waals surface area contributed by atoms with Crippen LogP contribution >= 0.6 is 0 Å². The van der Waals surface area contributed by atoms with Crippen LogP contribution in [0.3, 0.4) is 0 Å². The Morgan fingerprint density at radius 3 is 2.63 bits per heavy atom. The number of imidazole rings is 1. The van der Waals surface area contributed by atoms with Crippen molar-refractivity contribution < 1.29 is 9.59 Å². The molecule has 3 heterocycles. The summed E-state index contributed by atoms with van der Waals surface area (Å²) in [6, 6.07) is 5.53. The molecule has 2 amide bonds. The molecular formula is C19H28N6O2. The van der Waals surface area contributed by atoms with Crippen molar-refractivity contribution >= 4 is 17.3 Å². The topological polar surface area (TPSA) is 73.2 Å². The molecule has 1 aliphatic heterocycles. The van der Waals surface area contributed by atoms with Gasteiger partial charge >= 0.3 is 0 Å². The van der Waals surface area contributed by atoms with Crippen LogP contribution in [0, 0.1) is 0 Å². The normalized spacial score (nSPS) is 15.5. The third kappa shape index (κ3) is 4.45. The minimum absolute atomic E-state index is 0.113. The molecule has 0 unspecified atom stereocenters. The number of hydrogen-bond donors (Lipinski definition) is 1. The highest BCUT2D eigenvalue weighted by atomic mass is 16.2. The Balaban J connectivity index is 1.79. The number of rotatable bonds is 6. The first-order chi connectivity index (χ1) is 13.0. The number of aromatic nitrogens is 2. The molecule has 0 aliphatic carbocycles. The van der Waals surface area contributed by atoms with Gasteiger partial charge in [-0.2, -0.15) is 0 Å². The first-order valence-corrected chi connectivity index (χ1v) is 9.35. The molecule has 0 atom stereocenters. The number of fused-ring (bicyclic) bond motifs is 1. The zero-order valence-corrected chi connectivity index (χ0v) is 16.3. The summed E-state index contributed by atoms with van der Waals surface area (Å²) in [5.41, 5.74) is 1.01. The van der Waals surface area contributed by atoms with Crippen molar-refractivity contribution in [3.05, 3.63) is 35.9 Å². The third-order valence-corrected chi connectivity index (χ3v) is 4.81. The predicted octanol–water partition coefficient (Wildman–Crippen LogP) is 0.403. The van der Waals surface area contributed by atoms with E-state index < -0.39 is 0 Å². The fourth-order valence-electron chi connectivity index (χ4n) is 3.19. The van der Waals surface area contributed by atoms with Gasteiger partial charge in [0.25, 0.3) is 11.8 Å². The van der Waals surface area contributed by atoms with E-state index >= 15 is 0 Å². The van der Waals surface area contributed by atoms with Gasteiger partial charge in [0.05, 0.1) is 5.52 Å². The Kier molecular flexibility index (Phi) is 6.08. The van der Waals surface area contributed by atoms with E-state index in [9.17, 15) is 9.59 Å². The summed E-state index contributed by atoms with van der Waals surface area (Å²) in [5, 5.41) is 2.90. The maximum absolute atomic E-state index is 13.0. The summed E-state index contributed by atoms with van der Waals surface area (Å²) >= 11 is 0. The number of piperazine rings is 1. The van der Waals surface area contributed by atoms with Crippen LogP contribution < -0.4 is 5.32 Å². The summed E-state index contributed by atoms with van der Waals surface area (Å²) in [5.74, 6) is -0.112. The van der Waals surface area contributed by atoms with E-state index in [0.717, 1.165) is 26.1 Å². The quantitative estimate of drug-likeness (QED) is 0.744. The number of likely N-dealkylation sites (N-methyl/N-ethyl adjacent to an activating group) is 1. The maximum atomic E-state index is 13.0. The molecule has 2 aromatic rings. The van der Waals surface area contributed by atoms with Gasteiger partial charge < -0.3 is 20.0 Å². The number of hydrogen-bond acceptors (Lipinski definition) is 5. The van der Waals surface area contributed by atoms with Crippen LogP contribution in [0.1, 0.15) is 27.5 Å². The van der Waals surface area contributed by atoms with Crippen LogP contribution in [-0.4, -0.2) is 96.3 Å². The SMILES string of the molecule is CN(C)CCCNC(=O)c1nc(C(=O)N2CCN(C)CC2)c2ccccn12. The first kappa shape index (κ1) is 19.3. The van der Waals surface area contributed by atoms with Crippen LogP contribution in [0.2, 0.25) is 0 Å². The molecule has 0 saturated carbocycles. The lowest BCUT2D eigenvalue weighted by Crippen LogP contribution is -2.47. The minimum atomic E-state index is -0.257. The van der Waals surface area contributed by atoms with E-state index in [4.69, 9.17) is 0 Å². The standard InChI is InChI=1S/C19H28N6O2/c1-22(2)9-6-8-20-18(26)17-21-16(15-7-4-5-10-25(15)17)19(27)24-13-11-23(3)12-14-24/h4-5,7,10H,6,8-9,11-14H2,1-3H3,(H,20,26). The van der Waals surface area contributed by atoms with Gasteiger partial charge in [0.2, 0.25) is 5.82 Å². The number of carbonyl (C=O) groups excluding carboxylic acids is 2. The molecule has 0 spiro atoms. The van der Waals surface area contributed by atoms with Crippen LogP contribution in [0.25, 0.3) is 5.52 Å². The van der Waals surface area contributed by atoms with Crippen LogP contribution in [-0.2, 0) is 0 Å². The van der Waals surface area contributed by atoms with E-state index in [2.05, 4.69) is 20.1 Å². The van der Waals surface area contributed by atoms with Gasteiger partial charge in [-0.15, -0.1) is 0 Å². The average molecular weight is 372 g/mol. The van der Waals surface area contributed by atoms with Crippen molar-refractivity contribution in [1.82, 2.24) is 29.4 Å². The zero-order chi connectivity index (χ0) is 19.4. The van der Waals surface area contributed by atoms with Gasteiger partial charge in [0, 0.05) is 38.9 Å².